The van der Waals surface area contributed by atoms with Crippen molar-refractivity contribution in [3.8, 4) is 0 Å². The largest absolute Gasteiger partial charge is 0.349 e. The van der Waals surface area contributed by atoms with Crippen LogP contribution in [0.3, 0.4) is 0 Å². The van der Waals surface area contributed by atoms with Gasteiger partial charge in [-0.25, -0.2) is 4.98 Å². The molecule has 94 valence electrons. The first-order valence-electron chi connectivity index (χ1n) is 5.64. The highest BCUT2D eigenvalue weighted by Crippen LogP contribution is 2.12. The van der Waals surface area contributed by atoms with E-state index in [2.05, 4.69) is 10.3 Å². The number of carbonyl (C=O) groups excluding carboxylic acids is 1. The minimum absolute atomic E-state index is 0.0627. The van der Waals surface area contributed by atoms with Crippen LogP contribution in [0.25, 0.3) is 0 Å². The third kappa shape index (κ3) is 3.34. The van der Waals surface area contributed by atoms with Crippen molar-refractivity contribution >= 4 is 17.5 Å². The molecule has 2 rings (SSSR count). The molecule has 5 heteroatoms. The lowest BCUT2D eigenvalue weighted by atomic mass is 10.2. The molecule has 0 aliphatic rings. The molecule has 0 bridgehead atoms. The van der Waals surface area contributed by atoms with Crippen molar-refractivity contribution in [1.82, 2.24) is 14.9 Å². The molecular formula is C13H14ClN3O. The Labute approximate surface area is 111 Å². The summed E-state index contributed by atoms with van der Waals surface area (Å²) in [5.74, 6) is 0.762. The van der Waals surface area contributed by atoms with E-state index in [1.165, 1.54) is 6.92 Å². The molecule has 0 fully saturated rings. The average molecular weight is 264 g/mol. The Morgan fingerprint density at radius 1 is 1.50 bits per heavy atom. The Morgan fingerprint density at radius 2 is 2.33 bits per heavy atom. The molecule has 4 nitrogen and oxygen atoms in total. The quantitative estimate of drug-likeness (QED) is 0.919. The molecule has 0 radical (unpaired) electrons. The van der Waals surface area contributed by atoms with Gasteiger partial charge in [-0.2, -0.15) is 0 Å². The van der Waals surface area contributed by atoms with E-state index >= 15 is 0 Å². The molecule has 0 saturated carbocycles. The number of hydrogen-bond donors (Lipinski definition) is 1. The molecule has 0 unspecified atom stereocenters. The van der Waals surface area contributed by atoms with Crippen LogP contribution < -0.4 is 5.32 Å². The number of hydrogen-bond acceptors (Lipinski definition) is 2. The summed E-state index contributed by atoms with van der Waals surface area (Å²) in [4.78, 5) is 15.1. The molecule has 0 saturated heterocycles. The van der Waals surface area contributed by atoms with Crippen molar-refractivity contribution in [3.05, 3.63) is 53.1 Å². The highest BCUT2D eigenvalue weighted by atomic mass is 35.5. The van der Waals surface area contributed by atoms with E-state index in [0.29, 0.717) is 13.1 Å². The van der Waals surface area contributed by atoms with E-state index in [1.807, 2.05) is 35.0 Å². The van der Waals surface area contributed by atoms with Crippen LogP contribution in [0.4, 0.5) is 0 Å². The molecule has 1 amide bonds. The van der Waals surface area contributed by atoms with E-state index in [1.54, 1.807) is 6.20 Å². The zero-order chi connectivity index (χ0) is 13.0. The highest BCUT2D eigenvalue weighted by Gasteiger charge is 2.04. The number of amides is 1. The van der Waals surface area contributed by atoms with Gasteiger partial charge >= 0.3 is 0 Å². The van der Waals surface area contributed by atoms with Gasteiger partial charge in [0.25, 0.3) is 0 Å². The van der Waals surface area contributed by atoms with Crippen LogP contribution in [0.5, 0.6) is 0 Å². The summed E-state index contributed by atoms with van der Waals surface area (Å²) in [6.45, 7) is 2.61. The van der Waals surface area contributed by atoms with Crippen LogP contribution in [0.15, 0.2) is 36.7 Å². The zero-order valence-electron chi connectivity index (χ0n) is 10.1. The first kappa shape index (κ1) is 12.6. The first-order valence-corrected chi connectivity index (χ1v) is 6.02. The predicted molar refractivity (Wildman–Crippen MR) is 70.3 cm³/mol. The van der Waals surface area contributed by atoms with Gasteiger partial charge < -0.3 is 9.88 Å². The summed E-state index contributed by atoms with van der Waals surface area (Å²) in [7, 11) is 0. The van der Waals surface area contributed by atoms with Gasteiger partial charge in [-0.1, -0.05) is 23.7 Å². The molecule has 1 N–H and O–H groups in total. The lowest BCUT2D eigenvalue weighted by molar-refractivity contribution is -0.119. The van der Waals surface area contributed by atoms with Gasteiger partial charge in [-0.15, -0.1) is 0 Å². The SMILES string of the molecule is CC(=O)NCc1nccn1Cc1cccc(Cl)c1. The molecule has 0 spiro atoms. The van der Waals surface area contributed by atoms with Crippen molar-refractivity contribution in [2.75, 3.05) is 0 Å². The molecule has 0 atom stereocenters. The zero-order valence-corrected chi connectivity index (χ0v) is 10.8. The van der Waals surface area contributed by atoms with E-state index in [9.17, 15) is 4.79 Å². The number of carbonyl (C=O) groups is 1. The molecule has 1 aromatic carbocycles. The maximum Gasteiger partial charge on any atom is 0.217 e. The number of aromatic nitrogens is 2. The predicted octanol–water partition coefficient (Wildman–Crippen LogP) is 2.22. The fraction of sp³-hybridized carbons (Fsp3) is 0.231. The van der Waals surface area contributed by atoms with Gasteiger partial charge in [-0.05, 0) is 17.7 Å². The molecule has 18 heavy (non-hydrogen) atoms. The van der Waals surface area contributed by atoms with Crippen molar-refractivity contribution in [2.24, 2.45) is 0 Å². The summed E-state index contributed by atoms with van der Waals surface area (Å²) < 4.78 is 1.99. The third-order valence-electron chi connectivity index (χ3n) is 2.54. The second kappa shape index (κ2) is 5.69. The molecule has 2 aromatic rings. The van der Waals surface area contributed by atoms with Gasteiger partial charge in [0.2, 0.25) is 5.91 Å². The Balaban J connectivity index is 2.10. The van der Waals surface area contributed by atoms with E-state index < -0.39 is 0 Å². The first-order chi connectivity index (χ1) is 8.65. The molecule has 1 aromatic heterocycles. The summed E-state index contributed by atoms with van der Waals surface area (Å²) in [6, 6.07) is 7.69. The second-order valence-electron chi connectivity index (χ2n) is 4.01. The lowest BCUT2D eigenvalue weighted by Gasteiger charge is -2.08. The molecule has 0 aliphatic carbocycles. The Kier molecular flexibility index (Phi) is 3.99. The highest BCUT2D eigenvalue weighted by molar-refractivity contribution is 6.30. The lowest BCUT2D eigenvalue weighted by Crippen LogP contribution is -2.21. The average Bonchev–Trinajstić information content (AvgIpc) is 2.74. The maximum atomic E-state index is 10.9. The van der Waals surface area contributed by atoms with E-state index in [-0.39, 0.29) is 5.91 Å². The van der Waals surface area contributed by atoms with E-state index in [0.717, 1.165) is 16.4 Å². The maximum absolute atomic E-state index is 10.9. The van der Waals surface area contributed by atoms with Crippen LogP contribution in [-0.4, -0.2) is 15.5 Å². The van der Waals surface area contributed by atoms with Crippen molar-refractivity contribution in [2.45, 2.75) is 20.0 Å². The number of nitrogens with one attached hydrogen (secondary N) is 1. The smallest absolute Gasteiger partial charge is 0.217 e. The number of nitrogens with zero attached hydrogens (tertiary/aromatic N) is 2. The van der Waals surface area contributed by atoms with Crippen LogP contribution in [0.2, 0.25) is 5.02 Å². The van der Waals surface area contributed by atoms with Gasteiger partial charge in [0.15, 0.2) is 0 Å². The van der Waals surface area contributed by atoms with Crippen molar-refractivity contribution in [1.29, 1.82) is 0 Å². The van der Waals surface area contributed by atoms with Gasteiger partial charge in [-0.3, -0.25) is 4.79 Å². The molecule has 0 aliphatic heterocycles. The van der Waals surface area contributed by atoms with E-state index in [4.69, 9.17) is 11.6 Å². The number of imidazole rings is 1. The standard InChI is InChI=1S/C13H14ClN3O/c1-10(18)16-8-13-15-5-6-17(13)9-11-3-2-4-12(14)7-11/h2-7H,8-9H2,1H3,(H,16,18). The minimum Gasteiger partial charge on any atom is -0.349 e. The molecular weight excluding hydrogens is 250 g/mol. The summed E-state index contributed by atoms with van der Waals surface area (Å²) >= 11 is 5.95. The van der Waals surface area contributed by atoms with Gasteiger partial charge in [0.05, 0.1) is 6.54 Å². The fourth-order valence-corrected chi connectivity index (χ4v) is 1.90. The monoisotopic (exact) mass is 263 g/mol. The Morgan fingerprint density at radius 3 is 3.06 bits per heavy atom. The Bertz CT molecular complexity index is 551. The van der Waals surface area contributed by atoms with Crippen LogP contribution in [0, 0.1) is 0 Å². The summed E-state index contributed by atoms with van der Waals surface area (Å²) in [5.41, 5.74) is 1.10. The number of rotatable bonds is 4. The Hall–Kier alpha value is -1.81. The second-order valence-corrected chi connectivity index (χ2v) is 4.45. The summed E-state index contributed by atoms with van der Waals surface area (Å²) in [5, 5.41) is 3.46. The topological polar surface area (TPSA) is 46.9 Å². The van der Waals surface area contributed by atoms with Crippen LogP contribution in [-0.2, 0) is 17.9 Å². The van der Waals surface area contributed by atoms with Gasteiger partial charge in [0, 0.05) is 30.9 Å². The number of benzene rings is 1. The minimum atomic E-state index is -0.0627. The number of halogens is 1. The van der Waals surface area contributed by atoms with Gasteiger partial charge in [0.1, 0.15) is 5.82 Å². The summed E-state index contributed by atoms with van der Waals surface area (Å²) in [6.07, 6.45) is 3.61. The molecule has 1 heterocycles. The van der Waals surface area contributed by atoms with Crippen LogP contribution in [0.1, 0.15) is 18.3 Å². The van der Waals surface area contributed by atoms with Crippen LogP contribution >= 0.6 is 11.6 Å². The van der Waals surface area contributed by atoms with Crippen molar-refractivity contribution < 1.29 is 4.79 Å². The normalized spacial score (nSPS) is 10.3. The fourth-order valence-electron chi connectivity index (χ4n) is 1.69. The van der Waals surface area contributed by atoms with Crippen molar-refractivity contribution in [3.63, 3.8) is 0 Å². The third-order valence-corrected chi connectivity index (χ3v) is 2.77.